The van der Waals surface area contributed by atoms with Crippen LogP contribution >= 0.6 is 15.9 Å². The summed E-state index contributed by atoms with van der Waals surface area (Å²) in [6.07, 6.45) is 7.16. The second kappa shape index (κ2) is 5.36. The zero-order valence-corrected chi connectivity index (χ0v) is 10.8. The van der Waals surface area contributed by atoms with Gasteiger partial charge < -0.3 is 9.84 Å². The van der Waals surface area contributed by atoms with Crippen molar-refractivity contribution in [3.63, 3.8) is 0 Å². The highest BCUT2D eigenvalue weighted by molar-refractivity contribution is 9.10. The molecule has 0 spiro atoms. The Labute approximate surface area is 108 Å². The third-order valence-corrected chi connectivity index (χ3v) is 3.15. The highest BCUT2D eigenvalue weighted by Crippen LogP contribution is 2.26. The van der Waals surface area contributed by atoms with Gasteiger partial charge in [-0.15, -0.1) is 0 Å². The SMILES string of the molecule is O=C(O)c1cc(Br)ccc1OC1C=CCCC1. The van der Waals surface area contributed by atoms with E-state index in [0.29, 0.717) is 5.75 Å². The van der Waals surface area contributed by atoms with Gasteiger partial charge in [0.25, 0.3) is 0 Å². The zero-order valence-electron chi connectivity index (χ0n) is 9.23. The molecule has 17 heavy (non-hydrogen) atoms. The Bertz CT molecular complexity index is 454. The van der Waals surface area contributed by atoms with Gasteiger partial charge in [0.15, 0.2) is 0 Å². The predicted molar refractivity (Wildman–Crippen MR) is 68.5 cm³/mol. The largest absolute Gasteiger partial charge is 0.485 e. The standard InChI is InChI=1S/C13H13BrO3/c14-9-6-7-12(11(8-9)13(15)16)17-10-4-2-1-3-5-10/h2,4,6-8,10H,1,3,5H2,(H,15,16). The molecule has 0 saturated carbocycles. The van der Waals surface area contributed by atoms with Crippen LogP contribution in [0.3, 0.4) is 0 Å². The number of hydrogen-bond donors (Lipinski definition) is 1. The number of halogens is 1. The van der Waals surface area contributed by atoms with Gasteiger partial charge in [0.1, 0.15) is 17.4 Å². The molecule has 2 rings (SSSR count). The fourth-order valence-corrected chi connectivity index (χ4v) is 2.18. The van der Waals surface area contributed by atoms with Crippen LogP contribution in [0, 0.1) is 0 Å². The summed E-state index contributed by atoms with van der Waals surface area (Å²) in [5, 5.41) is 9.10. The molecule has 1 aromatic rings. The molecule has 0 bridgehead atoms. The molecule has 1 unspecified atom stereocenters. The van der Waals surface area contributed by atoms with Gasteiger partial charge in [-0.1, -0.05) is 22.0 Å². The maximum atomic E-state index is 11.1. The molecule has 0 radical (unpaired) electrons. The van der Waals surface area contributed by atoms with Gasteiger partial charge in [0.2, 0.25) is 0 Å². The van der Waals surface area contributed by atoms with Crippen molar-refractivity contribution in [2.75, 3.05) is 0 Å². The number of hydrogen-bond acceptors (Lipinski definition) is 2. The Kier molecular flexibility index (Phi) is 3.84. The van der Waals surface area contributed by atoms with E-state index in [1.165, 1.54) is 0 Å². The molecule has 1 aromatic carbocycles. The van der Waals surface area contributed by atoms with E-state index in [9.17, 15) is 4.79 Å². The normalized spacial score (nSPS) is 19.0. The molecular formula is C13H13BrO3. The lowest BCUT2D eigenvalue weighted by Gasteiger charge is -2.19. The lowest BCUT2D eigenvalue weighted by atomic mass is 10.1. The predicted octanol–water partition coefficient (Wildman–Crippen LogP) is 3.63. The summed E-state index contributed by atoms with van der Waals surface area (Å²) < 4.78 is 6.45. The van der Waals surface area contributed by atoms with E-state index in [2.05, 4.69) is 22.0 Å². The van der Waals surface area contributed by atoms with Crippen LogP contribution in [-0.2, 0) is 0 Å². The maximum absolute atomic E-state index is 11.1. The van der Waals surface area contributed by atoms with Crippen LogP contribution < -0.4 is 4.74 Å². The monoisotopic (exact) mass is 296 g/mol. The Balaban J connectivity index is 2.22. The van der Waals surface area contributed by atoms with Crippen molar-refractivity contribution in [2.24, 2.45) is 0 Å². The highest BCUT2D eigenvalue weighted by Gasteiger charge is 2.16. The fraction of sp³-hybridized carbons (Fsp3) is 0.308. The first-order valence-corrected chi connectivity index (χ1v) is 6.32. The number of benzene rings is 1. The topological polar surface area (TPSA) is 46.5 Å². The van der Waals surface area contributed by atoms with Crippen molar-refractivity contribution < 1.29 is 14.6 Å². The van der Waals surface area contributed by atoms with Crippen molar-refractivity contribution in [1.29, 1.82) is 0 Å². The molecule has 1 aliphatic carbocycles. The Morgan fingerprint density at radius 1 is 1.47 bits per heavy atom. The van der Waals surface area contributed by atoms with Crippen LogP contribution in [0.15, 0.2) is 34.8 Å². The van der Waals surface area contributed by atoms with Crippen molar-refractivity contribution >= 4 is 21.9 Å². The van der Waals surface area contributed by atoms with Crippen LogP contribution in [0.4, 0.5) is 0 Å². The van der Waals surface area contributed by atoms with Crippen LogP contribution in [0.2, 0.25) is 0 Å². The summed E-state index contributed by atoms with van der Waals surface area (Å²) in [5.41, 5.74) is 0.193. The zero-order chi connectivity index (χ0) is 12.3. The molecule has 0 aliphatic heterocycles. The van der Waals surface area contributed by atoms with Gasteiger partial charge in [-0.3, -0.25) is 0 Å². The van der Waals surface area contributed by atoms with Crippen molar-refractivity contribution in [3.8, 4) is 5.75 Å². The number of aromatic carboxylic acids is 1. The molecule has 0 saturated heterocycles. The number of carboxylic acid groups (broad SMARTS) is 1. The van der Waals surface area contributed by atoms with Crippen LogP contribution in [0.25, 0.3) is 0 Å². The average molecular weight is 297 g/mol. The number of allylic oxidation sites excluding steroid dienone is 1. The Morgan fingerprint density at radius 2 is 2.29 bits per heavy atom. The smallest absolute Gasteiger partial charge is 0.339 e. The molecule has 4 heteroatoms. The number of rotatable bonds is 3. The quantitative estimate of drug-likeness (QED) is 0.866. The summed E-state index contributed by atoms with van der Waals surface area (Å²) in [6.45, 7) is 0. The van der Waals surface area contributed by atoms with Crippen LogP contribution in [-0.4, -0.2) is 17.2 Å². The van der Waals surface area contributed by atoms with E-state index in [-0.39, 0.29) is 11.7 Å². The fourth-order valence-electron chi connectivity index (χ4n) is 1.81. The lowest BCUT2D eigenvalue weighted by Crippen LogP contribution is -2.17. The van der Waals surface area contributed by atoms with E-state index in [1.54, 1.807) is 18.2 Å². The molecule has 3 nitrogen and oxygen atoms in total. The van der Waals surface area contributed by atoms with Gasteiger partial charge >= 0.3 is 5.97 Å². The number of ether oxygens (including phenoxy) is 1. The third kappa shape index (κ3) is 3.09. The summed E-state index contributed by atoms with van der Waals surface area (Å²) in [4.78, 5) is 11.1. The molecule has 0 fully saturated rings. The van der Waals surface area contributed by atoms with E-state index >= 15 is 0 Å². The summed E-state index contributed by atoms with van der Waals surface area (Å²) in [7, 11) is 0. The average Bonchev–Trinajstić information content (AvgIpc) is 2.32. The summed E-state index contributed by atoms with van der Waals surface area (Å²) in [6, 6.07) is 5.04. The third-order valence-electron chi connectivity index (χ3n) is 2.66. The van der Waals surface area contributed by atoms with Crippen LogP contribution in [0.5, 0.6) is 5.75 Å². The highest BCUT2D eigenvalue weighted by atomic mass is 79.9. The minimum atomic E-state index is -0.971. The number of carboxylic acids is 1. The molecule has 0 aromatic heterocycles. The van der Waals surface area contributed by atoms with Crippen molar-refractivity contribution in [2.45, 2.75) is 25.4 Å². The minimum absolute atomic E-state index is 0.0111. The van der Waals surface area contributed by atoms with E-state index < -0.39 is 5.97 Å². The molecule has 1 N–H and O–H groups in total. The second-order valence-electron chi connectivity index (χ2n) is 3.96. The maximum Gasteiger partial charge on any atom is 0.339 e. The second-order valence-corrected chi connectivity index (χ2v) is 4.88. The molecule has 1 atom stereocenters. The first-order valence-electron chi connectivity index (χ1n) is 5.53. The van der Waals surface area contributed by atoms with E-state index in [0.717, 1.165) is 23.7 Å². The van der Waals surface area contributed by atoms with E-state index in [4.69, 9.17) is 9.84 Å². The van der Waals surface area contributed by atoms with Crippen LogP contribution in [0.1, 0.15) is 29.6 Å². The molecule has 1 aliphatic rings. The minimum Gasteiger partial charge on any atom is -0.485 e. The van der Waals surface area contributed by atoms with Crippen molar-refractivity contribution in [3.05, 3.63) is 40.4 Å². The molecule has 0 heterocycles. The van der Waals surface area contributed by atoms with Gasteiger partial charge in [-0.05, 0) is 43.5 Å². The first-order chi connectivity index (χ1) is 8.16. The van der Waals surface area contributed by atoms with Gasteiger partial charge in [-0.25, -0.2) is 4.79 Å². The Hall–Kier alpha value is -1.29. The molecule has 0 amide bonds. The van der Waals surface area contributed by atoms with Crippen molar-refractivity contribution in [1.82, 2.24) is 0 Å². The number of carbonyl (C=O) groups is 1. The van der Waals surface area contributed by atoms with Gasteiger partial charge in [0.05, 0.1) is 0 Å². The first kappa shape index (κ1) is 12.2. The van der Waals surface area contributed by atoms with E-state index in [1.807, 2.05) is 6.08 Å². The molecular weight excluding hydrogens is 284 g/mol. The summed E-state index contributed by atoms with van der Waals surface area (Å²) >= 11 is 3.26. The molecule has 90 valence electrons. The summed E-state index contributed by atoms with van der Waals surface area (Å²) in [5.74, 6) is -0.543. The van der Waals surface area contributed by atoms with Gasteiger partial charge in [-0.2, -0.15) is 0 Å². The lowest BCUT2D eigenvalue weighted by molar-refractivity contribution is 0.0690. The Morgan fingerprint density at radius 3 is 2.94 bits per heavy atom. The van der Waals surface area contributed by atoms with Gasteiger partial charge in [0, 0.05) is 4.47 Å².